The third kappa shape index (κ3) is 6.00. The van der Waals surface area contributed by atoms with E-state index in [9.17, 15) is 9.59 Å². The Balaban J connectivity index is 0.00000137. The van der Waals surface area contributed by atoms with Crippen molar-refractivity contribution in [2.45, 2.75) is 33.2 Å². The quantitative estimate of drug-likeness (QED) is 0.628. The molecule has 0 aliphatic rings. The van der Waals surface area contributed by atoms with Gasteiger partial charge < -0.3 is 15.6 Å². The molecule has 1 rings (SSSR count). The molecule has 0 fully saturated rings. The maximum absolute atomic E-state index is 10.6. The van der Waals surface area contributed by atoms with Crippen molar-refractivity contribution in [2.75, 3.05) is 0 Å². The van der Waals surface area contributed by atoms with Gasteiger partial charge >= 0.3 is 11.9 Å². The molecule has 1 aromatic rings. The highest BCUT2D eigenvalue weighted by molar-refractivity contribution is 5.73. The van der Waals surface area contributed by atoms with Crippen molar-refractivity contribution in [3.63, 3.8) is 0 Å². The van der Waals surface area contributed by atoms with E-state index < -0.39 is 18.0 Å². The first kappa shape index (κ1) is 16.1. The number of aliphatic carboxylic acids is 1. The highest BCUT2D eigenvalue weighted by Crippen LogP contribution is 2.13. The van der Waals surface area contributed by atoms with Gasteiger partial charge in [-0.2, -0.15) is 0 Å². The van der Waals surface area contributed by atoms with Gasteiger partial charge in [-0.05, 0) is 24.1 Å². The maximum atomic E-state index is 10.6. The first-order valence-corrected chi connectivity index (χ1v) is 5.75. The number of rotatable bonds is 4. The zero-order valence-corrected chi connectivity index (χ0v) is 10.8. The molecule has 0 spiro atoms. The number of carboxylic acids is 1. The van der Waals surface area contributed by atoms with Gasteiger partial charge in [0.25, 0.3) is 0 Å². The summed E-state index contributed by atoms with van der Waals surface area (Å²) in [6, 6.07) is 5.65. The van der Waals surface area contributed by atoms with Crippen LogP contribution in [0.4, 0.5) is 0 Å². The van der Waals surface area contributed by atoms with E-state index in [0.29, 0.717) is 5.75 Å². The fourth-order valence-electron chi connectivity index (χ4n) is 1.20. The van der Waals surface area contributed by atoms with Gasteiger partial charge in [0.05, 0.1) is 0 Å². The molecule has 1 atom stereocenters. The number of benzene rings is 1. The number of carboxylic acid groups (broad SMARTS) is 1. The molecule has 0 radical (unpaired) electrons. The lowest BCUT2D eigenvalue weighted by Gasteiger charge is -2.07. The first-order chi connectivity index (χ1) is 8.49. The van der Waals surface area contributed by atoms with Gasteiger partial charge in [-0.3, -0.25) is 9.59 Å². The molecular formula is C13H19NO4. The molecule has 0 saturated carbocycles. The topological polar surface area (TPSA) is 89.6 Å². The van der Waals surface area contributed by atoms with Crippen LogP contribution in [-0.4, -0.2) is 23.1 Å². The van der Waals surface area contributed by atoms with Crippen molar-refractivity contribution >= 4 is 11.9 Å². The molecule has 0 amide bonds. The number of carbonyl (C=O) groups excluding carboxylic acids is 1. The van der Waals surface area contributed by atoms with Crippen LogP contribution in [0.1, 0.15) is 26.3 Å². The second-order valence-corrected chi connectivity index (χ2v) is 3.39. The highest BCUT2D eigenvalue weighted by atomic mass is 16.5. The van der Waals surface area contributed by atoms with Crippen LogP contribution in [0, 0.1) is 0 Å². The predicted octanol–water partition coefficient (Wildman–Crippen LogP) is 1.59. The minimum absolute atomic E-state index is 0.246. The second-order valence-electron chi connectivity index (χ2n) is 3.39. The lowest BCUT2D eigenvalue weighted by molar-refractivity contribution is -0.138. The Kier molecular flexibility index (Phi) is 7.38. The Morgan fingerprint density at radius 1 is 1.28 bits per heavy atom. The number of hydrogen-bond acceptors (Lipinski definition) is 4. The van der Waals surface area contributed by atoms with Crippen molar-refractivity contribution in [3.8, 4) is 5.75 Å². The average Bonchev–Trinajstić information content (AvgIpc) is 2.33. The summed E-state index contributed by atoms with van der Waals surface area (Å²) in [5.41, 5.74) is 6.17. The average molecular weight is 253 g/mol. The van der Waals surface area contributed by atoms with E-state index in [1.54, 1.807) is 24.3 Å². The van der Waals surface area contributed by atoms with Gasteiger partial charge in [0.15, 0.2) is 0 Å². The number of ether oxygens (including phenoxy) is 1. The van der Waals surface area contributed by atoms with Crippen LogP contribution in [0.3, 0.4) is 0 Å². The minimum atomic E-state index is -1.04. The molecule has 5 nitrogen and oxygen atoms in total. The molecule has 18 heavy (non-hydrogen) atoms. The van der Waals surface area contributed by atoms with Gasteiger partial charge in [-0.1, -0.05) is 26.0 Å². The summed E-state index contributed by atoms with van der Waals surface area (Å²) in [7, 11) is 0. The summed E-state index contributed by atoms with van der Waals surface area (Å²) in [5.74, 6) is -1.00. The molecular weight excluding hydrogens is 234 g/mol. The van der Waals surface area contributed by atoms with E-state index in [0.717, 1.165) is 5.56 Å². The molecule has 0 aliphatic carbocycles. The van der Waals surface area contributed by atoms with Crippen molar-refractivity contribution < 1.29 is 19.4 Å². The van der Waals surface area contributed by atoms with Crippen LogP contribution in [-0.2, 0) is 16.0 Å². The van der Waals surface area contributed by atoms with Crippen LogP contribution in [0.15, 0.2) is 24.3 Å². The summed E-state index contributed by atoms with van der Waals surface area (Å²) in [6.07, 6.45) is 0.246. The van der Waals surface area contributed by atoms with Crippen LogP contribution >= 0.6 is 0 Å². The Morgan fingerprint density at radius 2 is 1.78 bits per heavy atom. The zero-order valence-electron chi connectivity index (χ0n) is 10.8. The van der Waals surface area contributed by atoms with Crippen molar-refractivity contribution in [3.05, 3.63) is 29.8 Å². The lowest BCUT2D eigenvalue weighted by atomic mass is 10.1. The van der Waals surface area contributed by atoms with Crippen LogP contribution in [0.25, 0.3) is 0 Å². The summed E-state index contributed by atoms with van der Waals surface area (Å²) in [4.78, 5) is 21.2. The second kappa shape index (κ2) is 8.25. The van der Waals surface area contributed by atoms with Crippen LogP contribution in [0.5, 0.6) is 5.75 Å². The monoisotopic (exact) mass is 253 g/mol. The number of esters is 1. The standard InChI is InChI=1S/C11H13NO4.C2H6/c1-7(13)16-9-4-2-8(3-5-9)6-10(12)11(14)15;1-2/h2-5,10H,6,12H2,1H3,(H,14,15);1-2H3. The predicted molar refractivity (Wildman–Crippen MR) is 68.4 cm³/mol. The summed E-state index contributed by atoms with van der Waals surface area (Å²) in [6.45, 7) is 5.31. The fraction of sp³-hybridized carbons (Fsp3) is 0.385. The largest absolute Gasteiger partial charge is 0.480 e. The highest BCUT2D eigenvalue weighted by Gasteiger charge is 2.11. The molecule has 1 aromatic carbocycles. The van der Waals surface area contributed by atoms with Crippen molar-refractivity contribution in [1.29, 1.82) is 0 Å². The van der Waals surface area contributed by atoms with Gasteiger partial charge in [-0.15, -0.1) is 0 Å². The summed E-state index contributed by atoms with van der Waals surface area (Å²) in [5, 5.41) is 8.62. The Labute approximate surface area is 107 Å². The molecule has 0 saturated heterocycles. The minimum Gasteiger partial charge on any atom is -0.480 e. The molecule has 0 aliphatic heterocycles. The third-order valence-corrected chi connectivity index (χ3v) is 1.96. The maximum Gasteiger partial charge on any atom is 0.320 e. The van der Waals surface area contributed by atoms with Crippen LogP contribution in [0.2, 0.25) is 0 Å². The molecule has 1 unspecified atom stereocenters. The number of carbonyl (C=O) groups is 2. The van der Waals surface area contributed by atoms with E-state index in [1.807, 2.05) is 13.8 Å². The normalized spacial score (nSPS) is 10.9. The van der Waals surface area contributed by atoms with E-state index in [2.05, 4.69) is 0 Å². The number of nitrogens with two attached hydrogens (primary N) is 1. The SMILES string of the molecule is CC.CC(=O)Oc1ccc(CC(N)C(=O)O)cc1. The fourth-order valence-corrected chi connectivity index (χ4v) is 1.20. The van der Waals surface area contributed by atoms with Gasteiger partial charge in [0.2, 0.25) is 0 Å². The van der Waals surface area contributed by atoms with Gasteiger partial charge in [-0.25, -0.2) is 0 Å². The molecule has 0 heterocycles. The van der Waals surface area contributed by atoms with Crippen molar-refractivity contribution in [2.24, 2.45) is 5.73 Å². The molecule has 3 N–H and O–H groups in total. The molecule has 100 valence electrons. The summed E-state index contributed by atoms with van der Waals surface area (Å²) < 4.78 is 4.84. The Morgan fingerprint density at radius 3 is 2.17 bits per heavy atom. The molecule has 5 heteroatoms. The van der Waals surface area contributed by atoms with Crippen LogP contribution < -0.4 is 10.5 Å². The molecule has 0 aromatic heterocycles. The van der Waals surface area contributed by atoms with Gasteiger partial charge in [0, 0.05) is 6.92 Å². The third-order valence-electron chi connectivity index (χ3n) is 1.96. The first-order valence-electron chi connectivity index (χ1n) is 5.75. The van der Waals surface area contributed by atoms with Crippen molar-refractivity contribution in [1.82, 2.24) is 0 Å². The Bertz CT molecular complexity index is 386. The Hall–Kier alpha value is -1.88. The van der Waals surface area contributed by atoms with E-state index in [4.69, 9.17) is 15.6 Å². The number of hydrogen-bond donors (Lipinski definition) is 2. The summed E-state index contributed by atoms with van der Waals surface area (Å²) >= 11 is 0. The smallest absolute Gasteiger partial charge is 0.320 e. The van der Waals surface area contributed by atoms with E-state index >= 15 is 0 Å². The lowest BCUT2D eigenvalue weighted by Crippen LogP contribution is -2.32. The van der Waals surface area contributed by atoms with E-state index in [-0.39, 0.29) is 6.42 Å². The molecule has 0 bridgehead atoms. The van der Waals surface area contributed by atoms with E-state index in [1.165, 1.54) is 6.92 Å². The zero-order chi connectivity index (χ0) is 14.1. The van der Waals surface area contributed by atoms with Gasteiger partial charge in [0.1, 0.15) is 11.8 Å².